The summed E-state index contributed by atoms with van der Waals surface area (Å²) in [6.45, 7) is 5.42. The topological polar surface area (TPSA) is 60.8 Å². The molecule has 0 spiro atoms. The third kappa shape index (κ3) is 4.11. The second-order valence-electron chi connectivity index (χ2n) is 7.10. The Morgan fingerprint density at radius 3 is 2.17 bits per heavy atom. The van der Waals surface area contributed by atoms with Crippen LogP contribution in [0.3, 0.4) is 0 Å². The number of aliphatic carboxylic acids is 1. The molecule has 24 heavy (non-hydrogen) atoms. The van der Waals surface area contributed by atoms with Crippen LogP contribution in [0, 0.1) is 5.92 Å². The summed E-state index contributed by atoms with van der Waals surface area (Å²) in [4.78, 5) is 12.6. The summed E-state index contributed by atoms with van der Waals surface area (Å²) in [5, 5.41) is 18.6. The summed E-state index contributed by atoms with van der Waals surface area (Å²) in [6, 6.07) is 8.22. The molecule has 0 radical (unpaired) electrons. The molecule has 0 atom stereocenters. The Balaban J connectivity index is 1.92. The minimum Gasteiger partial charge on any atom is -0.477 e. The molecular formula is C18H25F2NO3. The normalized spacial score (nSPS) is 18.8. The Morgan fingerprint density at radius 1 is 1.21 bits per heavy atom. The van der Waals surface area contributed by atoms with E-state index < -0.39 is 17.5 Å². The van der Waals surface area contributed by atoms with Crippen molar-refractivity contribution < 1.29 is 23.8 Å². The second kappa shape index (κ2) is 7.15. The Labute approximate surface area is 141 Å². The smallest absolute Gasteiger partial charge is 0.377 e. The van der Waals surface area contributed by atoms with Gasteiger partial charge in [0.1, 0.15) is 5.60 Å². The zero-order valence-electron chi connectivity index (χ0n) is 14.1. The van der Waals surface area contributed by atoms with Crippen LogP contribution in [0.15, 0.2) is 24.3 Å². The lowest BCUT2D eigenvalue weighted by molar-refractivity contribution is -0.218. The van der Waals surface area contributed by atoms with Crippen LogP contribution in [0.25, 0.3) is 0 Å². The zero-order chi connectivity index (χ0) is 18.0. The molecule has 0 saturated carbocycles. The van der Waals surface area contributed by atoms with Gasteiger partial charge in [-0.15, -0.1) is 0 Å². The Kier molecular flexibility index (Phi) is 5.60. The van der Waals surface area contributed by atoms with Crippen molar-refractivity contribution in [3.05, 3.63) is 35.4 Å². The van der Waals surface area contributed by atoms with Gasteiger partial charge < -0.3 is 10.2 Å². The average Bonchev–Trinajstić information content (AvgIpc) is 2.51. The van der Waals surface area contributed by atoms with Crippen LogP contribution in [0.1, 0.15) is 37.8 Å². The van der Waals surface area contributed by atoms with Crippen molar-refractivity contribution >= 4 is 5.97 Å². The van der Waals surface area contributed by atoms with Gasteiger partial charge in [0.25, 0.3) is 0 Å². The molecule has 1 aromatic carbocycles. The third-order valence-corrected chi connectivity index (χ3v) is 4.61. The van der Waals surface area contributed by atoms with Crippen molar-refractivity contribution in [2.45, 2.75) is 51.2 Å². The minimum absolute atomic E-state index is 0.243. The molecule has 6 heteroatoms. The number of aliphatic hydroxyl groups is 1. The first-order valence-electron chi connectivity index (χ1n) is 8.28. The molecule has 1 fully saturated rings. The first kappa shape index (κ1) is 18.8. The van der Waals surface area contributed by atoms with Gasteiger partial charge in [-0.3, -0.25) is 4.90 Å². The van der Waals surface area contributed by atoms with E-state index in [9.17, 15) is 18.7 Å². The molecule has 2 rings (SSSR count). The lowest BCUT2D eigenvalue weighted by Crippen LogP contribution is -2.58. The highest BCUT2D eigenvalue weighted by molar-refractivity contribution is 5.77. The van der Waals surface area contributed by atoms with Crippen LogP contribution in [-0.2, 0) is 17.8 Å². The number of nitrogens with zero attached hydrogens (tertiary/aromatic N) is 1. The van der Waals surface area contributed by atoms with Gasteiger partial charge in [-0.1, -0.05) is 38.1 Å². The second-order valence-corrected chi connectivity index (χ2v) is 7.10. The van der Waals surface area contributed by atoms with Crippen LogP contribution in [0.2, 0.25) is 0 Å². The maximum atomic E-state index is 13.7. The molecule has 0 amide bonds. The number of benzene rings is 1. The Morgan fingerprint density at radius 2 is 1.71 bits per heavy atom. The molecule has 2 N–H and O–H groups in total. The van der Waals surface area contributed by atoms with Crippen LogP contribution in [-0.4, -0.2) is 45.7 Å². The summed E-state index contributed by atoms with van der Waals surface area (Å²) in [7, 11) is 0. The Bertz CT molecular complexity index is 564. The molecule has 0 aliphatic carbocycles. The fraction of sp³-hybridized carbons (Fsp3) is 0.611. The predicted molar refractivity (Wildman–Crippen MR) is 87.0 cm³/mol. The maximum Gasteiger partial charge on any atom is 0.377 e. The quantitative estimate of drug-likeness (QED) is 0.835. The highest BCUT2D eigenvalue weighted by atomic mass is 19.3. The van der Waals surface area contributed by atoms with E-state index in [0.29, 0.717) is 12.5 Å². The lowest BCUT2D eigenvalue weighted by atomic mass is 9.85. The van der Waals surface area contributed by atoms with Crippen LogP contribution >= 0.6 is 0 Å². The molecule has 1 heterocycles. The summed E-state index contributed by atoms with van der Waals surface area (Å²) in [5.74, 6) is -5.79. The summed E-state index contributed by atoms with van der Waals surface area (Å²) in [5.41, 5.74) is -0.114. The fourth-order valence-corrected chi connectivity index (χ4v) is 3.10. The Hall–Kier alpha value is -1.53. The molecule has 0 bridgehead atoms. The molecule has 1 aliphatic rings. The van der Waals surface area contributed by atoms with E-state index in [1.54, 1.807) is 0 Å². The number of hydrogen-bond acceptors (Lipinski definition) is 3. The zero-order valence-corrected chi connectivity index (χ0v) is 14.1. The third-order valence-electron chi connectivity index (χ3n) is 4.61. The van der Waals surface area contributed by atoms with Gasteiger partial charge in [-0.2, -0.15) is 8.78 Å². The minimum atomic E-state index is -4.11. The van der Waals surface area contributed by atoms with Gasteiger partial charge in [-0.25, -0.2) is 4.79 Å². The van der Waals surface area contributed by atoms with Gasteiger partial charge in [0, 0.05) is 19.6 Å². The van der Waals surface area contributed by atoms with Crippen molar-refractivity contribution in [3.8, 4) is 0 Å². The average molecular weight is 341 g/mol. The van der Waals surface area contributed by atoms with E-state index in [1.165, 1.54) is 5.56 Å². The molecule has 4 nitrogen and oxygen atoms in total. The van der Waals surface area contributed by atoms with Crippen molar-refractivity contribution in [3.63, 3.8) is 0 Å². The number of halogens is 2. The van der Waals surface area contributed by atoms with Crippen molar-refractivity contribution in [1.29, 1.82) is 0 Å². The van der Waals surface area contributed by atoms with E-state index in [1.807, 2.05) is 17.0 Å². The molecule has 0 aromatic heterocycles. The number of carboxylic acid groups (broad SMARTS) is 1. The van der Waals surface area contributed by atoms with Gasteiger partial charge in [0.2, 0.25) is 0 Å². The van der Waals surface area contributed by atoms with Crippen molar-refractivity contribution in [1.82, 2.24) is 4.90 Å². The summed E-state index contributed by atoms with van der Waals surface area (Å²) in [6.07, 6.45) is 0.511. The highest BCUT2D eigenvalue weighted by Crippen LogP contribution is 2.37. The number of piperidine rings is 1. The first-order valence-corrected chi connectivity index (χ1v) is 8.28. The molecular weight excluding hydrogens is 316 g/mol. The highest BCUT2D eigenvalue weighted by Gasteiger charge is 2.59. The number of alkyl halides is 2. The van der Waals surface area contributed by atoms with Crippen LogP contribution in [0.4, 0.5) is 8.78 Å². The van der Waals surface area contributed by atoms with Gasteiger partial charge in [0.15, 0.2) is 0 Å². The fourth-order valence-electron chi connectivity index (χ4n) is 3.10. The summed E-state index contributed by atoms with van der Waals surface area (Å²) >= 11 is 0. The van der Waals surface area contributed by atoms with Crippen molar-refractivity contribution in [2.24, 2.45) is 5.92 Å². The van der Waals surface area contributed by atoms with E-state index in [4.69, 9.17) is 5.11 Å². The summed E-state index contributed by atoms with van der Waals surface area (Å²) < 4.78 is 27.3. The van der Waals surface area contributed by atoms with Crippen LogP contribution < -0.4 is 0 Å². The predicted octanol–water partition coefficient (Wildman–Crippen LogP) is 2.93. The van der Waals surface area contributed by atoms with E-state index in [2.05, 4.69) is 26.0 Å². The standard InChI is InChI=1S/C18H25F2NO3/c1-13(2)11-14-3-5-15(6-4-14)12-21-9-7-17(24,8-10-21)18(19,20)16(22)23/h3-6,13,24H,7-12H2,1-2H3,(H,22,23). The van der Waals surface area contributed by atoms with Gasteiger partial charge in [0.05, 0.1) is 0 Å². The monoisotopic (exact) mass is 341 g/mol. The number of rotatable bonds is 6. The first-order chi connectivity index (χ1) is 11.1. The van der Waals surface area contributed by atoms with Gasteiger partial charge in [-0.05, 0) is 36.3 Å². The molecule has 134 valence electrons. The van der Waals surface area contributed by atoms with E-state index in [0.717, 1.165) is 12.0 Å². The van der Waals surface area contributed by atoms with Crippen molar-refractivity contribution in [2.75, 3.05) is 13.1 Å². The largest absolute Gasteiger partial charge is 0.477 e. The lowest BCUT2D eigenvalue weighted by Gasteiger charge is -2.40. The molecule has 1 aromatic rings. The van der Waals surface area contributed by atoms with E-state index >= 15 is 0 Å². The maximum absolute atomic E-state index is 13.7. The molecule has 0 unspecified atom stereocenters. The molecule has 1 aliphatic heterocycles. The molecule has 1 saturated heterocycles. The van der Waals surface area contributed by atoms with E-state index in [-0.39, 0.29) is 25.9 Å². The SMILES string of the molecule is CC(C)Cc1ccc(CN2CCC(O)(C(F)(F)C(=O)O)CC2)cc1. The van der Waals surface area contributed by atoms with Gasteiger partial charge >= 0.3 is 11.9 Å². The number of carboxylic acids is 1. The van der Waals surface area contributed by atoms with Crippen LogP contribution in [0.5, 0.6) is 0 Å². The number of carbonyl (C=O) groups is 1. The number of likely N-dealkylation sites (tertiary alicyclic amines) is 1. The number of hydrogen-bond donors (Lipinski definition) is 2.